The Hall–Kier alpha value is -0.410. The van der Waals surface area contributed by atoms with E-state index >= 15 is 0 Å². The molecule has 0 heterocycles. The van der Waals surface area contributed by atoms with Crippen molar-refractivity contribution >= 4 is 15.9 Å². The number of halogens is 2. The summed E-state index contributed by atoms with van der Waals surface area (Å²) in [5.74, 6) is -1.74. The van der Waals surface area contributed by atoms with Crippen molar-refractivity contribution < 1.29 is 4.39 Å². The first kappa shape index (κ1) is 8.68. The first-order valence-electron chi connectivity index (χ1n) is 3.24. The lowest BCUT2D eigenvalue weighted by Crippen LogP contribution is -2.26. The average molecular weight is 218 g/mol. The lowest BCUT2D eigenvalue weighted by Gasteiger charge is -2.13. The van der Waals surface area contributed by atoms with Crippen LogP contribution in [0.1, 0.15) is 12.5 Å². The number of hydrogen-bond acceptors (Lipinski definition) is 1. The van der Waals surface area contributed by atoms with E-state index in [9.17, 15) is 4.39 Å². The van der Waals surface area contributed by atoms with Gasteiger partial charge in [-0.2, -0.15) is 0 Å². The maximum Gasteiger partial charge on any atom is 0.182 e. The standard InChI is InChI=1S/C8H9BrFN/c1-8(10,11)6-2-4-7(9)5-3-6/h2-5H,11H2,1H3. The highest BCUT2D eigenvalue weighted by Crippen LogP contribution is 2.20. The molecule has 0 spiro atoms. The Morgan fingerprint density at radius 3 is 2.18 bits per heavy atom. The highest BCUT2D eigenvalue weighted by molar-refractivity contribution is 9.10. The van der Waals surface area contributed by atoms with Crippen molar-refractivity contribution in [2.45, 2.75) is 12.7 Å². The fourth-order valence-electron chi connectivity index (χ4n) is 0.776. The molecule has 1 atom stereocenters. The summed E-state index contributed by atoms with van der Waals surface area (Å²) in [7, 11) is 0. The van der Waals surface area contributed by atoms with Crippen molar-refractivity contribution in [2.24, 2.45) is 5.73 Å². The van der Waals surface area contributed by atoms with E-state index < -0.39 is 5.79 Å². The van der Waals surface area contributed by atoms with Gasteiger partial charge in [0.2, 0.25) is 0 Å². The molecule has 0 saturated heterocycles. The summed E-state index contributed by atoms with van der Waals surface area (Å²) in [4.78, 5) is 0. The molecular weight excluding hydrogens is 209 g/mol. The van der Waals surface area contributed by atoms with Gasteiger partial charge >= 0.3 is 0 Å². The molecule has 0 radical (unpaired) electrons. The second kappa shape index (κ2) is 2.91. The lowest BCUT2D eigenvalue weighted by molar-refractivity contribution is 0.203. The topological polar surface area (TPSA) is 26.0 Å². The molecule has 1 aromatic rings. The summed E-state index contributed by atoms with van der Waals surface area (Å²) >= 11 is 3.25. The van der Waals surface area contributed by atoms with Gasteiger partial charge in [0.15, 0.2) is 5.79 Å². The number of rotatable bonds is 1. The normalized spacial score (nSPS) is 16.0. The van der Waals surface area contributed by atoms with Crippen molar-refractivity contribution in [1.82, 2.24) is 0 Å². The second-order valence-electron chi connectivity index (χ2n) is 2.58. The van der Waals surface area contributed by atoms with E-state index in [0.717, 1.165) is 4.47 Å². The van der Waals surface area contributed by atoms with E-state index in [0.29, 0.717) is 5.56 Å². The zero-order valence-corrected chi connectivity index (χ0v) is 7.73. The van der Waals surface area contributed by atoms with Crippen molar-refractivity contribution in [1.29, 1.82) is 0 Å². The highest BCUT2D eigenvalue weighted by Gasteiger charge is 2.18. The fourth-order valence-corrected chi connectivity index (χ4v) is 1.04. The molecule has 0 fully saturated rings. The van der Waals surface area contributed by atoms with Crippen LogP contribution in [0.2, 0.25) is 0 Å². The van der Waals surface area contributed by atoms with Crippen LogP contribution >= 0.6 is 15.9 Å². The molecule has 1 nitrogen and oxygen atoms in total. The maximum atomic E-state index is 13.0. The zero-order chi connectivity index (χ0) is 8.48. The van der Waals surface area contributed by atoms with Gasteiger partial charge in [0, 0.05) is 10.0 Å². The highest BCUT2D eigenvalue weighted by atomic mass is 79.9. The van der Waals surface area contributed by atoms with Gasteiger partial charge in [0.1, 0.15) is 0 Å². The molecule has 1 rings (SSSR count). The van der Waals surface area contributed by atoms with E-state index in [1.165, 1.54) is 6.92 Å². The molecule has 60 valence electrons. The van der Waals surface area contributed by atoms with Crippen molar-refractivity contribution in [3.63, 3.8) is 0 Å². The summed E-state index contributed by atoms with van der Waals surface area (Å²) < 4.78 is 13.9. The minimum atomic E-state index is -1.74. The van der Waals surface area contributed by atoms with E-state index in [2.05, 4.69) is 15.9 Å². The Bertz CT molecular complexity index is 237. The van der Waals surface area contributed by atoms with Crippen LogP contribution in [0.15, 0.2) is 28.7 Å². The molecule has 0 bridgehead atoms. The summed E-state index contributed by atoms with van der Waals surface area (Å²) in [6, 6.07) is 6.84. The van der Waals surface area contributed by atoms with Crippen molar-refractivity contribution in [3.05, 3.63) is 34.3 Å². The third-order valence-corrected chi connectivity index (χ3v) is 1.94. The second-order valence-corrected chi connectivity index (χ2v) is 3.50. The minimum absolute atomic E-state index is 0.487. The summed E-state index contributed by atoms with van der Waals surface area (Å²) in [6.45, 7) is 1.33. The molecule has 1 aromatic carbocycles. The SMILES string of the molecule is CC(N)(F)c1ccc(Br)cc1. The van der Waals surface area contributed by atoms with Gasteiger partial charge in [-0.3, -0.25) is 5.73 Å². The Labute approximate surface area is 73.5 Å². The average Bonchev–Trinajstić information content (AvgIpc) is 1.86. The Kier molecular flexibility index (Phi) is 2.30. The van der Waals surface area contributed by atoms with Gasteiger partial charge in [-0.1, -0.05) is 28.1 Å². The molecule has 0 aliphatic heterocycles. The monoisotopic (exact) mass is 217 g/mol. The third kappa shape index (κ3) is 2.27. The zero-order valence-electron chi connectivity index (χ0n) is 6.14. The summed E-state index contributed by atoms with van der Waals surface area (Å²) in [5.41, 5.74) is 5.71. The van der Waals surface area contributed by atoms with E-state index in [-0.39, 0.29) is 0 Å². The molecule has 0 amide bonds. The van der Waals surface area contributed by atoms with E-state index in [1.807, 2.05) is 0 Å². The van der Waals surface area contributed by atoms with Crippen LogP contribution in [-0.2, 0) is 5.79 Å². The number of alkyl halides is 1. The van der Waals surface area contributed by atoms with Gasteiger partial charge < -0.3 is 0 Å². The van der Waals surface area contributed by atoms with Crippen LogP contribution in [0.25, 0.3) is 0 Å². The largest absolute Gasteiger partial charge is 0.296 e. The van der Waals surface area contributed by atoms with Crippen LogP contribution in [0.3, 0.4) is 0 Å². The van der Waals surface area contributed by atoms with Gasteiger partial charge in [-0.05, 0) is 19.1 Å². The quantitative estimate of drug-likeness (QED) is 0.720. The minimum Gasteiger partial charge on any atom is -0.296 e. The molecule has 0 aliphatic rings. The van der Waals surface area contributed by atoms with Gasteiger partial charge in [-0.15, -0.1) is 0 Å². The van der Waals surface area contributed by atoms with Crippen molar-refractivity contribution in [2.75, 3.05) is 0 Å². The van der Waals surface area contributed by atoms with Gasteiger partial charge in [0.05, 0.1) is 0 Å². The Balaban J connectivity index is 2.99. The van der Waals surface area contributed by atoms with Crippen molar-refractivity contribution in [3.8, 4) is 0 Å². The van der Waals surface area contributed by atoms with Crippen LogP contribution in [0.5, 0.6) is 0 Å². The fraction of sp³-hybridized carbons (Fsp3) is 0.250. The predicted molar refractivity (Wildman–Crippen MR) is 46.8 cm³/mol. The molecule has 1 unspecified atom stereocenters. The molecular formula is C8H9BrFN. The molecule has 3 heteroatoms. The van der Waals surface area contributed by atoms with Crippen LogP contribution in [0, 0.1) is 0 Å². The maximum absolute atomic E-state index is 13.0. The molecule has 0 saturated carbocycles. The molecule has 11 heavy (non-hydrogen) atoms. The van der Waals surface area contributed by atoms with E-state index in [4.69, 9.17) is 5.73 Å². The first-order valence-corrected chi connectivity index (χ1v) is 4.03. The predicted octanol–water partition coefficient (Wildman–Crippen LogP) is 2.55. The molecule has 0 aliphatic carbocycles. The van der Waals surface area contributed by atoms with Crippen LogP contribution < -0.4 is 5.73 Å². The summed E-state index contributed by atoms with van der Waals surface area (Å²) in [5, 5.41) is 0. The number of nitrogens with two attached hydrogens (primary N) is 1. The van der Waals surface area contributed by atoms with Gasteiger partial charge in [0.25, 0.3) is 0 Å². The first-order chi connectivity index (χ1) is 5.00. The van der Waals surface area contributed by atoms with E-state index in [1.54, 1.807) is 24.3 Å². The lowest BCUT2D eigenvalue weighted by atomic mass is 10.1. The smallest absolute Gasteiger partial charge is 0.182 e. The number of hydrogen-bond donors (Lipinski definition) is 1. The molecule has 0 aromatic heterocycles. The Morgan fingerprint density at radius 2 is 1.82 bits per heavy atom. The van der Waals surface area contributed by atoms with Crippen LogP contribution in [0.4, 0.5) is 4.39 Å². The van der Waals surface area contributed by atoms with Gasteiger partial charge in [-0.25, -0.2) is 4.39 Å². The van der Waals surface area contributed by atoms with Crippen LogP contribution in [-0.4, -0.2) is 0 Å². The summed E-state index contributed by atoms with van der Waals surface area (Å²) in [6.07, 6.45) is 0. The number of benzene rings is 1. The Morgan fingerprint density at radius 1 is 1.36 bits per heavy atom. The third-order valence-electron chi connectivity index (χ3n) is 1.41. The molecule has 2 N–H and O–H groups in total.